The molecule has 1 saturated heterocycles. The Morgan fingerprint density at radius 1 is 1.37 bits per heavy atom. The summed E-state index contributed by atoms with van der Waals surface area (Å²) < 4.78 is 2.20. The number of hydrogen-bond donors (Lipinski definition) is 0. The molecule has 3 rings (SSSR count). The highest BCUT2D eigenvalue weighted by Crippen LogP contribution is 2.33. The van der Waals surface area contributed by atoms with Gasteiger partial charge >= 0.3 is 0 Å². The summed E-state index contributed by atoms with van der Waals surface area (Å²) in [6.07, 6.45) is 9.33. The van der Waals surface area contributed by atoms with Gasteiger partial charge < -0.3 is 4.57 Å². The van der Waals surface area contributed by atoms with Gasteiger partial charge in [-0.15, -0.1) is 0 Å². The Hall–Kier alpha value is -1.16. The molecule has 1 aromatic rings. The van der Waals surface area contributed by atoms with Crippen LogP contribution in [0.2, 0.25) is 0 Å². The lowest BCUT2D eigenvalue weighted by Crippen LogP contribution is -2.37. The summed E-state index contributed by atoms with van der Waals surface area (Å²) in [4.78, 5) is 18.9. The molecule has 2 atom stereocenters. The third kappa shape index (κ3) is 2.46. The minimum Gasteiger partial charge on any atom is -0.334 e. The van der Waals surface area contributed by atoms with Crippen molar-refractivity contribution in [3.05, 3.63) is 18.2 Å². The molecular weight excluding hydrogens is 238 g/mol. The van der Waals surface area contributed by atoms with Gasteiger partial charge in [0.05, 0.1) is 6.54 Å². The zero-order valence-electron chi connectivity index (χ0n) is 11.7. The fourth-order valence-corrected chi connectivity index (χ4v) is 3.71. The molecule has 1 aromatic heterocycles. The zero-order valence-corrected chi connectivity index (χ0v) is 11.7. The van der Waals surface area contributed by atoms with Gasteiger partial charge in [0.1, 0.15) is 11.6 Å². The first-order valence-electron chi connectivity index (χ1n) is 7.56. The third-order valence-electron chi connectivity index (χ3n) is 4.72. The average Bonchev–Trinajstić information content (AvgIpc) is 3.10. The maximum Gasteiger partial charge on any atom is 0.137 e. The van der Waals surface area contributed by atoms with Gasteiger partial charge in [0.15, 0.2) is 0 Å². The SMILES string of the molecule is CCn1ccnc1CN1CCCC1C1CCCC1=O. The maximum absolute atomic E-state index is 12.0. The number of aryl methyl sites for hydroxylation is 1. The van der Waals surface area contributed by atoms with Gasteiger partial charge in [0, 0.05) is 37.3 Å². The number of carbonyl (C=O) groups is 1. The molecule has 0 aromatic carbocycles. The Labute approximate surface area is 114 Å². The first kappa shape index (κ1) is 12.9. The molecular formula is C15H23N3O. The van der Waals surface area contributed by atoms with Crippen LogP contribution in [0, 0.1) is 5.92 Å². The first-order valence-corrected chi connectivity index (χ1v) is 7.56. The second-order valence-corrected chi connectivity index (χ2v) is 5.77. The Morgan fingerprint density at radius 3 is 3.00 bits per heavy atom. The van der Waals surface area contributed by atoms with Crippen molar-refractivity contribution in [2.24, 2.45) is 5.92 Å². The van der Waals surface area contributed by atoms with E-state index in [4.69, 9.17) is 0 Å². The summed E-state index contributed by atoms with van der Waals surface area (Å²) in [5, 5.41) is 0. The number of Topliss-reactive ketones (excluding diaryl/α,β-unsaturated/α-hetero) is 1. The lowest BCUT2D eigenvalue weighted by molar-refractivity contribution is -0.122. The largest absolute Gasteiger partial charge is 0.334 e. The van der Waals surface area contributed by atoms with Crippen molar-refractivity contribution in [3.8, 4) is 0 Å². The van der Waals surface area contributed by atoms with Crippen LogP contribution >= 0.6 is 0 Å². The van der Waals surface area contributed by atoms with Crippen LogP contribution in [-0.2, 0) is 17.9 Å². The summed E-state index contributed by atoms with van der Waals surface area (Å²) in [6.45, 7) is 5.13. The maximum atomic E-state index is 12.0. The normalized spacial score (nSPS) is 28.4. The summed E-state index contributed by atoms with van der Waals surface area (Å²) in [5.74, 6) is 1.93. The van der Waals surface area contributed by atoms with E-state index in [-0.39, 0.29) is 0 Å². The number of rotatable bonds is 4. The predicted molar refractivity (Wildman–Crippen MR) is 73.7 cm³/mol. The lowest BCUT2D eigenvalue weighted by Gasteiger charge is -2.28. The standard InChI is InChI=1S/C15H23N3O/c1-2-17-10-8-16-15(17)11-18-9-4-6-13(18)12-5-3-7-14(12)19/h8,10,12-13H,2-7,9,11H2,1H3. The topological polar surface area (TPSA) is 38.1 Å². The van der Waals surface area contributed by atoms with Crippen molar-refractivity contribution in [3.63, 3.8) is 0 Å². The highest BCUT2D eigenvalue weighted by Gasteiger charge is 2.38. The second-order valence-electron chi connectivity index (χ2n) is 5.77. The number of carbonyl (C=O) groups excluding carboxylic acids is 1. The molecule has 2 aliphatic rings. The molecule has 0 bridgehead atoms. The van der Waals surface area contributed by atoms with Crippen LogP contribution in [0.5, 0.6) is 0 Å². The van der Waals surface area contributed by atoms with Crippen molar-refractivity contribution in [2.45, 2.75) is 58.2 Å². The molecule has 1 aliphatic carbocycles. The van der Waals surface area contributed by atoms with Crippen LogP contribution in [-0.4, -0.2) is 32.8 Å². The smallest absolute Gasteiger partial charge is 0.137 e. The van der Waals surface area contributed by atoms with E-state index in [0.717, 1.165) is 44.7 Å². The molecule has 1 saturated carbocycles. The molecule has 0 radical (unpaired) electrons. The highest BCUT2D eigenvalue weighted by atomic mass is 16.1. The van der Waals surface area contributed by atoms with E-state index in [1.54, 1.807) is 0 Å². The van der Waals surface area contributed by atoms with E-state index < -0.39 is 0 Å². The number of likely N-dealkylation sites (tertiary alicyclic amines) is 1. The van der Waals surface area contributed by atoms with Crippen molar-refractivity contribution in [1.82, 2.24) is 14.5 Å². The first-order chi connectivity index (χ1) is 9.29. The molecule has 1 aliphatic heterocycles. The molecule has 0 N–H and O–H groups in total. The molecule has 0 spiro atoms. The van der Waals surface area contributed by atoms with Crippen LogP contribution in [0.4, 0.5) is 0 Å². The fraction of sp³-hybridized carbons (Fsp3) is 0.733. The molecule has 2 heterocycles. The van der Waals surface area contributed by atoms with Crippen LogP contribution in [0.15, 0.2) is 12.4 Å². The number of aromatic nitrogens is 2. The molecule has 2 unspecified atom stereocenters. The Balaban J connectivity index is 1.71. The van der Waals surface area contributed by atoms with E-state index in [0.29, 0.717) is 17.7 Å². The van der Waals surface area contributed by atoms with E-state index >= 15 is 0 Å². The number of ketones is 1. The summed E-state index contributed by atoms with van der Waals surface area (Å²) >= 11 is 0. The van der Waals surface area contributed by atoms with Crippen LogP contribution in [0.25, 0.3) is 0 Å². The van der Waals surface area contributed by atoms with Gasteiger partial charge in [0.25, 0.3) is 0 Å². The molecule has 4 heteroatoms. The van der Waals surface area contributed by atoms with Gasteiger partial charge in [-0.2, -0.15) is 0 Å². The fourth-order valence-electron chi connectivity index (χ4n) is 3.71. The quantitative estimate of drug-likeness (QED) is 0.834. The van der Waals surface area contributed by atoms with E-state index in [1.165, 1.54) is 12.8 Å². The van der Waals surface area contributed by atoms with E-state index in [2.05, 4.69) is 21.4 Å². The van der Waals surface area contributed by atoms with Gasteiger partial charge in [-0.1, -0.05) is 0 Å². The van der Waals surface area contributed by atoms with Gasteiger partial charge in [-0.3, -0.25) is 9.69 Å². The Bertz CT molecular complexity index is 454. The molecule has 19 heavy (non-hydrogen) atoms. The van der Waals surface area contributed by atoms with E-state index in [1.807, 2.05) is 12.4 Å². The molecule has 2 fully saturated rings. The summed E-state index contributed by atoms with van der Waals surface area (Å²) in [7, 11) is 0. The molecule has 4 nitrogen and oxygen atoms in total. The molecule has 104 valence electrons. The number of imidazole rings is 1. The summed E-state index contributed by atoms with van der Waals surface area (Å²) in [5.41, 5.74) is 0. The highest BCUT2D eigenvalue weighted by molar-refractivity contribution is 5.83. The van der Waals surface area contributed by atoms with Crippen molar-refractivity contribution < 1.29 is 4.79 Å². The van der Waals surface area contributed by atoms with Gasteiger partial charge in [0.2, 0.25) is 0 Å². The molecule has 0 amide bonds. The Kier molecular flexibility index (Phi) is 3.69. The zero-order chi connectivity index (χ0) is 13.2. The monoisotopic (exact) mass is 261 g/mol. The van der Waals surface area contributed by atoms with Crippen molar-refractivity contribution in [1.29, 1.82) is 0 Å². The van der Waals surface area contributed by atoms with Gasteiger partial charge in [-0.05, 0) is 39.2 Å². The number of hydrogen-bond acceptors (Lipinski definition) is 3. The van der Waals surface area contributed by atoms with Crippen molar-refractivity contribution >= 4 is 5.78 Å². The average molecular weight is 261 g/mol. The minimum atomic E-state index is 0.299. The second kappa shape index (κ2) is 5.45. The van der Waals surface area contributed by atoms with Crippen LogP contribution in [0.1, 0.15) is 44.9 Å². The van der Waals surface area contributed by atoms with E-state index in [9.17, 15) is 4.79 Å². The lowest BCUT2D eigenvalue weighted by atomic mass is 9.95. The predicted octanol–water partition coefficient (Wildman–Crippen LogP) is 2.24. The Morgan fingerprint density at radius 2 is 2.26 bits per heavy atom. The van der Waals surface area contributed by atoms with Gasteiger partial charge in [-0.25, -0.2) is 4.98 Å². The van der Waals surface area contributed by atoms with Crippen LogP contribution < -0.4 is 0 Å². The van der Waals surface area contributed by atoms with Crippen molar-refractivity contribution in [2.75, 3.05) is 6.54 Å². The number of nitrogens with zero attached hydrogens (tertiary/aromatic N) is 3. The summed E-state index contributed by atoms with van der Waals surface area (Å²) in [6, 6.07) is 0.469. The minimum absolute atomic E-state index is 0.299. The third-order valence-corrected chi connectivity index (χ3v) is 4.72. The van der Waals surface area contributed by atoms with Crippen LogP contribution in [0.3, 0.4) is 0 Å².